The van der Waals surface area contributed by atoms with E-state index in [2.05, 4.69) is 15.8 Å². The molecule has 2 saturated carbocycles. The van der Waals surface area contributed by atoms with E-state index in [9.17, 15) is 9.59 Å². The lowest BCUT2D eigenvalue weighted by molar-refractivity contribution is -0.122. The molecule has 5 heteroatoms. The summed E-state index contributed by atoms with van der Waals surface area (Å²) >= 11 is 0. The number of hydrogen-bond donors (Lipinski definition) is 2. The van der Waals surface area contributed by atoms with Gasteiger partial charge in [0.25, 0.3) is 0 Å². The summed E-state index contributed by atoms with van der Waals surface area (Å²) in [6.07, 6.45) is 7.42. The van der Waals surface area contributed by atoms with Crippen LogP contribution in [0.25, 0.3) is 0 Å². The Bertz CT molecular complexity index is 644. The first-order valence-electron chi connectivity index (χ1n) is 8.89. The Morgan fingerprint density at radius 2 is 1.71 bits per heavy atom. The van der Waals surface area contributed by atoms with Gasteiger partial charge in [0.05, 0.1) is 5.71 Å². The fourth-order valence-corrected chi connectivity index (χ4v) is 3.07. The average Bonchev–Trinajstić information content (AvgIpc) is 3.45. The van der Waals surface area contributed by atoms with E-state index in [1.165, 1.54) is 6.42 Å². The van der Waals surface area contributed by atoms with Gasteiger partial charge in [0.15, 0.2) is 0 Å². The average molecular weight is 327 g/mol. The predicted molar refractivity (Wildman–Crippen MR) is 94.7 cm³/mol. The molecule has 2 amide bonds. The zero-order chi connectivity index (χ0) is 16.9. The van der Waals surface area contributed by atoms with Crippen molar-refractivity contribution in [1.82, 2.24) is 5.43 Å². The fraction of sp³-hybridized carbons (Fsp3) is 0.526. The molecule has 3 rings (SSSR count). The predicted octanol–water partition coefficient (Wildman–Crippen LogP) is 3.46. The van der Waals surface area contributed by atoms with Gasteiger partial charge in [0.1, 0.15) is 0 Å². The highest BCUT2D eigenvalue weighted by atomic mass is 16.2. The second kappa shape index (κ2) is 7.60. The summed E-state index contributed by atoms with van der Waals surface area (Å²) < 4.78 is 0. The number of hydrazone groups is 1. The molecule has 0 unspecified atom stereocenters. The molecular weight excluding hydrogens is 302 g/mol. The lowest BCUT2D eigenvalue weighted by atomic mass is 9.88. The summed E-state index contributed by atoms with van der Waals surface area (Å²) in [5.41, 5.74) is 5.03. The van der Waals surface area contributed by atoms with Crippen LogP contribution in [0.3, 0.4) is 0 Å². The number of amides is 2. The molecule has 0 atom stereocenters. The van der Waals surface area contributed by atoms with E-state index in [4.69, 9.17) is 0 Å². The summed E-state index contributed by atoms with van der Waals surface area (Å²) in [6.45, 7) is 1.86. The number of benzene rings is 1. The fourth-order valence-electron chi connectivity index (χ4n) is 3.07. The number of nitrogens with zero attached hydrogens (tertiary/aromatic N) is 1. The summed E-state index contributed by atoms with van der Waals surface area (Å²) in [5, 5.41) is 7.19. The van der Waals surface area contributed by atoms with E-state index in [-0.39, 0.29) is 23.7 Å². The maximum atomic E-state index is 12.3. The van der Waals surface area contributed by atoms with Gasteiger partial charge in [-0.25, -0.2) is 5.43 Å². The molecule has 2 aliphatic carbocycles. The molecule has 0 aromatic heterocycles. The molecule has 5 nitrogen and oxygen atoms in total. The van der Waals surface area contributed by atoms with Gasteiger partial charge >= 0.3 is 0 Å². The molecule has 0 bridgehead atoms. The molecule has 24 heavy (non-hydrogen) atoms. The zero-order valence-electron chi connectivity index (χ0n) is 14.2. The highest BCUT2D eigenvalue weighted by molar-refractivity contribution is 6.01. The van der Waals surface area contributed by atoms with Crippen LogP contribution in [0.4, 0.5) is 5.69 Å². The first kappa shape index (κ1) is 16.7. The van der Waals surface area contributed by atoms with Crippen molar-refractivity contribution in [2.24, 2.45) is 16.9 Å². The minimum Gasteiger partial charge on any atom is -0.326 e. The molecule has 0 saturated heterocycles. The van der Waals surface area contributed by atoms with E-state index in [1.54, 1.807) is 0 Å². The van der Waals surface area contributed by atoms with Crippen LogP contribution < -0.4 is 10.7 Å². The minimum absolute atomic E-state index is 0.00361. The molecule has 1 aromatic rings. The third kappa shape index (κ3) is 4.43. The van der Waals surface area contributed by atoms with Gasteiger partial charge in [-0.2, -0.15) is 5.10 Å². The number of nitrogens with one attached hydrogen (secondary N) is 2. The Morgan fingerprint density at radius 1 is 1.00 bits per heavy atom. The second-order valence-electron chi connectivity index (χ2n) is 6.85. The van der Waals surface area contributed by atoms with Crippen LogP contribution in [-0.4, -0.2) is 17.5 Å². The first-order valence-corrected chi connectivity index (χ1v) is 8.89. The van der Waals surface area contributed by atoms with Gasteiger partial charge < -0.3 is 5.32 Å². The van der Waals surface area contributed by atoms with Gasteiger partial charge in [0.2, 0.25) is 11.8 Å². The summed E-state index contributed by atoms with van der Waals surface area (Å²) in [5.74, 6) is 0.386. The largest absolute Gasteiger partial charge is 0.326 e. The molecule has 128 valence electrons. The van der Waals surface area contributed by atoms with Crippen LogP contribution in [0.15, 0.2) is 29.4 Å². The van der Waals surface area contributed by atoms with Gasteiger partial charge in [-0.1, -0.05) is 31.4 Å². The number of carbonyl (C=O) groups excluding carboxylic acids is 2. The Labute approximate surface area is 142 Å². The smallest absolute Gasteiger partial charge is 0.243 e. The molecular formula is C19H25N3O2. The van der Waals surface area contributed by atoms with Crippen LogP contribution in [0.5, 0.6) is 0 Å². The van der Waals surface area contributed by atoms with Gasteiger partial charge in [0, 0.05) is 17.5 Å². The number of rotatable bonds is 5. The van der Waals surface area contributed by atoms with E-state index < -0.39 is 0 Å². The molecule has 0 spiro atoms. The molecule has 2 aliphatic rings. The van der Waals surface area contributed by atoms with E-state index in [0.29, 0.717) is 0 Å². The van der Waals surface area contributed by atoms with Crippen LogP contribution in [0.2, 0.25) is 0 Å². The van der Waals surface area contributed by atoms with Crippen molar-refractivity contribution >= 4 is 23.2 Å². The van der Waals surface area contributed by atoms with Crippen molar-refractivity contribution in [2.75, 3.05) is 5.32 Å². The van der Waals surface area contributed by atoms with Crippen LogP contribution in [0.1, 0.15) is 57.4 Å². The summed E-state index contributed by atoms with van der Waals surface area (Å²) in [4.78, 5) is 24.0. The minimum atomic E-state index is -0.00361. The van der Waals surface area contributed by atoms with Gasteiger partial charge in [-0.05, 0) is 50.3 Å². The standard InChI is InChI=1S/C19H25N3O2/c1-13(21-22-19(24)15-10-11-15)16-8-5-9-17(12-16)20-18(23)14-6-3-2-4-7-14/h5,8-9,12,14-15H,2-4,6-7,10-11H2,1H3,(H,20,23)(H,22,24)/b21-13-. The molecule has 1 aromatic carbocycles. The maximum absolute atomic E-state index is 12.3. The van der Waals surface area contributed by atoms with Crippen LogP contribution >= 0.6 is 0 Å². The normalized spacial score (nSPS) is 19.0. The van der Waals surface area contributed by atoms with Crippen molar-refractivity contribution < 1.29 is 9.59 Å². The van der Waals surface area contributed by atoms with E-state index in [1.807, 2.05) is 31.2 Å². The highest BCUT2D eigenvalue weighted by Gasteiger charge is 2.29. The third-order valence-corrected chi connectivity index (χ3v) is 4.81. The lowest BCUT2D eigenvalue weighted by Crippen LogP contribution is -2.24. The Kier molecular flexibility index (Phi) is 5.28. The van der Waals surface area contributed by atoms with Crippen molar-refractivity contribution in [3.05, 3.63) is 29.8 Å². The van der Waals surface area contributed by atoms with Crippen LogP contribution in [0, 0.1) is 11.8 Å². The third-order valence-electron chi connectivity index (χ3n) is 4.81. The molecule has 0 radical (unpaired) electrons. The van der Waals surface area contributed by atoms with Crippen molar-refractivity contribution in [2.45, 2.75) is 51.9 Å². The number of hydrogen-bond acceptors (Lipinski definition) is 3. The molecule has 0 aliphatic heterocycles. The SMILES string of the molecule is C/C(=N/NC(=O)C1CC1)c1cccc(NC(=O)C2CCCCC2)c1. The quantitative estimate of drug-likeness (QED) is 0.642. The summed E-state index contributed by atoms with van der Waals surface area (Å²) in [6, 6.07) is 7.62. The zero-order valence-corrected chi connectivity index (χ0v) is 14.2. The Balaban J connectivity index is 1.61. The second-order valence-corrected chi connectivity index (χ2v) is 6.85. The van der Waals surface area contributed by atoms with Crippen molar-refractivity contribution in [3.63, 3.8) is 0 Å². The first-order chi connectivity index (χ1) is 11.6. The molecule has 0 heterocycles. The Hall–Kier alpha value is -2.17. The van der Waals surface area contributed by atoms with E-state index in [0.717, 1.165) is 55.5 Å². The van der Waals surface area contributed by atoms with Crippen molar-refractivity contribution in [1.29, 1.82) is 0 Å². The Morgan fingerprint density at radius 3 is 2.42 bits per heavy atom. The molecule has 2 N–H and O–H groups in total. The van der Waals surface area contributed by atoms with Crippen LogP contribution in [-0.2, 0) is 9.59 Å². The number of carbonyl (C=O) groups is 2. The monoisotopic (exact) mass is 327 g/mol. The van der Waals surface area contributed by atoms with E-state index >= 15 is 0 Å². The van der Waals surface area contributed by atoms with Gasteiger partial charge in [-0.15, -0.1) is 0 Å². The number of anilines is 1. The topological polar surface area (TPSA) is 70.6 Å². The summed E-state index contributed by atoms with van der Waals surface area (Å²) in [7, 11) is 0. The lowest BCUT2D eigenvalue weighted by Gasteiger charge is -2.20. The molecule has 2 fully saturated rings. The maximum Gasteiger partial charge on any atom is 0.243 e. The van der Waals surface area contributed by atoms with Crippen molar-refractivity contribution in [3.8, 4) is 0 Å². The van der Waals surface area contributed by atoms with Gasteiger partial charge in [-0.3, -0.25) is 9.59 Å². The highest BCUT2D eigenvalue weighted by Crippen LogP contribution is 2.28.